The van der Waals surface area contributed by atoms with Crippen LogP contribution >= 0.6 is 0 Å². The van der Waals surface area contributed by atoms with Crippen molar-refractivity contribution in [2.24, 2.45) is 0 Å². The van der Waals surface area contributed by atoms with Crippen molar-refractivity contribution in [3.63, 3.8) is 0 Å². The molecule has 2 aromatic rings. The molecule has 2 heterocycles. The van der Waals surface area contributed by atoms with Crippen LogP contribution in [0.4, 0.5) is 0 Å². The van der Waals surface area contributed by atoms with E-state index in [-0.39, 0.29) is 17.3 Å². The summed E-state index contributed by atoms with van der Waals surface area (Å²) in [7, 11) is 0.789. The number of amides is 1. The molecular weight excluding hydrogens is 448 g/mol. The number of hydrogen-bond acceptors (Lipinski definition) is 7. The van der Waals surface area contributed by atoms with E-state index in [0.717, 1.165) is 0 Å². The summed E-state index contributed by atoms with van der Waals surface area (Å²) in [6.45, 7) is 1.33. The number of likely N-dealkylation sites (tertiary alicyclic amines) is 1. The molecule has 0 atom stereocenters. The van der Waals surface area contributed by atoms with E-state index in [2.05, 4.69) is 0 Å². The van der Waals surface area contributed by atoms with E-state index < -0.39 is 15.7 Å². The van der Waals surface area contributed by atoms with Crippen molar-refractivity contribution in [1.82, 2.24) is 9.21 Å². The first-order valence-electron chi connectivity index (χ1n) is 10.7. The fraction of sp³-hybridized carbons (Fsp3) is 0.435. The number of hydrogen-bond donors (Lipinski definition) is 0. The molecule has 178 valence electrons. The second-order valence-corrected chi connectivity index (χ2v) is 9.75. The molecule has 0 bridgehead atoms. The van der Waals surface area contributed by atoms with Gasteiger partial charge in [-0.3, -0.25) is 4.79 Å². The molecule has 0 aliphatic carbocycles. The lowest BCUT2D eigenvalue weighted by Crippen LogP contribution is -2.55. The average molecular weight is 477 g/mol. The Bertz CT molecular complexity index is 1090. The standard InChI is InChI=1S/C23H28N2O7S/c1-29-19-15-17(16-20(30-2)21(19)31-3)22(26)24-11-9-23(10-12-24)25(13-14-32-23)33(27,28)18-7-5-4-6-8-18/h4-8,15-16H,9-14H2,1-3H3. The summed E-state index contributed by atoms with van der Waals surface area (Å²) in [6, 6.07) is 11.6. The Morgan fingerprint density at radius 3 is 2.09 bits per heavy atom. The zero-order valence-corrected chi connectivity index (χ0v) is 19.8. The van der Waals surface area contributed by atoms with Crippen molar-refractivity contribution in [2.45, 2.75) is 23.5 Å². The number of rotatable bonds is 6. The van der Waals surface area contributed by atoms with E-state index >= 15 is 0 Å². The van der Waals surface area contributed by atoms with E-state index in [1.165, 1.54) is 25.6 Å². The Labute approximate surface area is 193 Å². The monoisotopic (exact) mass is 476 g/mol. The van der Waals surface area contributed by atoms with Crippen LogP contribution in [-0.2, 0) is 14.8 Å². The maximum absolute atomic E-state index is 13.3. The fourth-order valence-corrected chi connectivity index (χ4v) is 6.24. The van der Waals surface area contributed by atoms with E-state index in [1.807, 2.05) is 0 Å². The third kappa shape index (κ3) is 4.14. The quantitative estimate of drug-likeness (QED) is 0.632. The number of benzene rings is 2. The minimum atomic E-state index is -3.70. The van der Waals surface area contributed by atoms with Crippen molar-refractivity contribution >= 4 is 15.9 Å². The second-order valence-electron chi connectivity index (χ2n) is 7.89. The first-order valence-corrected chi connectivity index (χ1v) is 12.1. The highest BCUT2D eigenvalue weighted by molar-refractivity contribution is 7.89. The van der Waals surface area contributed by atoms with E-state index in [9.17, 15) is 13.2 Å². The Morgan fingerprint density at radius 2 is 1.55 bits per heavy atom. The van der Waals surface area contributed by atoms with Gasteiger partial charge >= 0.3 is 0 Å². The SMILES string of the molecule is COc1cc(C(=O)N2CCC3(CC2)OCCN3S(=O)(=O)c2ccccc2)cc(OC)c1OC. The van der Waals surface area contributed by atoms with Gasteiger partial charge in [-0.2, -0.15) is 4.31 Å². The Hall–Kier alpha value is -2.82. The molecule has 0 saturated carbocycles. The molecule has 9 nitrogen and oxygen atoms in total. The van der Waals surface area contributed by atoms with E-state index in [1.54, 1.807) is 47.4 Å². The lowest BCUT2D eigenvalue weighted by Gasteiger charge is -2.42. The van der Waals surface area contributed by atoms with Gasteiger partial charge in [0, 0.05) is 38.0 Å². The molecule has 4 rings (SSSR count). The topological polar surface area (TPSA) is 94.6 Å². The summed E-state index contributed by atoms with van der Waals surface area (Å²) in [6.07, 6.45) is 0.768. The van der Waals surface area contributed by atoms with Gasteiger partial charge in [0.15, 0.2) is 11.5 Å². The number of sulfonamides is 1. The molecule has 10 heteroatoms. The largest absolute Gasteiger partial charge is 0.493 e. The highest BCUT2D eigenvalue weighted by atomic mass is 32.2. The number of carbonyl (C=O) groups is 1. The van der Waals surface area contributed by atoms with Gasteiger partial charge < -0.3 is 23.8 Å². The van der Waals surface area contributed by atoms with Crippen LogP contribution in [0.1, 0.15) is 23.2 Å². The fourth-order valence-electron chi connectivity index (χ4n) is 4.49. The smallest absolute Gasteiger partial charge is 0.254 e. The molecule has 2 saturated heterocycles. The van der Waals surface area contributed by atoms with Gasteiger partial charge in [0.1, 0.15) is 5.72 Å². The minimum absolute atomic E-state index is 0.195. The molecule has 0 N–H and O–H groups in total. The zero-order chi connectivity index (χ0) is 23.6. The van der Waals surface area contributed by atoms with Crippen molar-refractivity contribution in [3.05, 3.63) is 48.0 Å². The number of nitrogens with zero attached hydrogens (tertiary/aromatic N) is 2. The molecule has 2 aromatic carbocycles. The molecule has 0 radical (unpaired) electrons. The predicted octanol–water partition coefficient (Wildman–Crippen LogP) is 2.37. The van der Waals surface area contributed by atoms with Gasteiger partial charge in [-0.15, -0.1) is 0 Å². The number of carbonyl (C=O) groups excluding carboxylic acids is 1. The van der Waals surface area contributed by atoms with Crippen molar-refractivity contribution in [1.29, 1.82) is 0 Å². The normalized spacial score (nSPS) is 18.3. The lowest BCUT2D eigenvalue weighted by atomic mass is 9.99. The van der Waals surface area contributed by atoms with Gasteiger partial charge in [0.25, 0.3) is 5.91 Å². The summed E-state index contributed by atoms with van der Waals surface area (Å²) < 4.78 is 50.0. The molecule has 0 unspecified atom stereocenters. The number of ether oxygens (including phenoxy) is 4. The van der Waals surface area contributed by atoms with Crippen LogP contribution in [0.5, 0.6) is 17.2 Å². The molecule has 2 fully saturated rings. The summed E-state index contributed by atoms with van der Waals surface area (Å²) in [4.78, 5) is 15.2. The van der Waals surface area contributed by atoms with Crippen LogP contribution in [0.2, 0.25) is 0 Å². The molecular formula is C23H28N2O7S. The van der Waals surface area contributed by atoms with E-state index in [4.69, 9.17) is 18.9 Å². The predicted molar refractivity (Wildman–Crippen MR) is 120 cm³/mol. The third-order valence-electron chi connectivity index (χ3n) is 6.19. The Morgan fingerprint density at radius 1 is 0.939 bits per heavy atom. The molecule has 2 aliphatic rings. The number of methoxy groups -OCH3 is 3. The third-order valence-corrected chi connectivity index (χ3v) is 8.16. The van der Waals surface area contributed by atoms with Crippen LogP contribution < -0.4 is 14.2 Å². The van der Waals surface area contributed by atoms with Gasteiger partial charge in [-0.25, -0.2) is 8.42 Å². The molecule has 0 aromatic heterocycles. The van der Waals surface area contributed by atoms with Gasteiger partial charge in [0.2, 0.25) is 15.8 Å². The van der Waals surface area contributed by atoms with Crippen LogP contribution in [0.15, 0.2) is 47.4 Å². The highest BCUT2D eigenvalue weighted by Gasteiger charge is 2.51. The first kappa shape index (κ1) is 23.3. The molecule has 1 amide bonds. The lowest BCUT2D eigenvalue weighted by molar-refractivity contribution is -0.0857. The second kappa shape index (κ2) is 9.20. The minimum Gasteiger partial charge on any atom is -0.493 e. The number of piperidine rings is 1. The Balaban J connectivity index is 1.53. The van der Waals surface area contributed by atoms with Gasteiger partial charge in [0.05, 0.1) is 32.8 Å². The van der Waals surface area contributed by atoms with Crippen LogP contribution in [-0.4, -0.2) is 76.8 Å². The Kier molecular flexibility index (Phi) is 6.51. The highest BCUT2D eigenvalue weighted by Crippen LogP contribution is 2.40. The summed E-state index contributed by atoms with van der Waals surface area (Å²) >= 11 is 0. The molecule has 1 spiro atoms. The molecule has 33 heavy (non-hydrogen) atoms. The van der Waals surface area contributed by atoms with Gasteiger partial charge in [-0.1, -0.05) is 18.2 Å². The first-order chi connectivity index (χ1) is 15.9. The summed E-state index contributed by atoms with van der Waals surface area (Å²) in [5.74, 6) is 1.01. The maximum atomic E-state index is 13.3. The van der Waals surface area contributed by atoms with E-state index in [0.29, 0.717) is 55.4 Å². The summed E-state index contributed by atoms with van der Waals surface area (Å²) in [5, 5.41) is 0. The van der Waals surface area contributed by atoms with Crippen molar-refractivity contribution in [2.75, 3.05) is 47.6 Å². The maximum Gasteiger partial charge on any atom is 0.254 e. The zero-order valence-electron chi connectivity index (χ0n) is 18.9. The average Bonchev–Trinajstić information content (AvgIpc) is 3.27. The molecule has 2 aliphatic heterocycles. The van der Waals surface area contributed by atoms with Crippen LogP contribution in [0.25, 0.3) is 0 Å². The van der Waals surface area contributed by atoms with Crippen LogP contribution in [0.3, 0.4) is 0 Å². The van der Waals surface area contributed by atoms with Crippen LogP contribution in [0, 0.1) is 0 Å². The van der Waals surface area contributed by atoms with Gasteiger partial charge in [-0.05, 0) is 24.3 Å². The van der Waals surface area contributed by atoms with Crippen molar-refractivity contribution in [3.8, 4) is 17.2 Å². The summed E-state index contributed by atoms with van der Waals surface area (Å²) in [5.41, 5.74) is -0.539. The van der Waals surface area contributed by atoms with Crippen molar-refractivity contribution < 1.29 is 32.2 Å².